The monoisotopic (exact) mass is 234 g/mol. The Hall–Kier alpha value is -1.28. The Bertz CT molecular complexity index is 380. The van der Waals surface area contributed by atoms with Crippen molar-refractivity contribution in [1.82, 2.24) is 0 Å². The molecule has 1 aromatic carbocycles. The number of hydrogen-bond acceptors (Lipinski definition) is 2. The maximum absolute atomic E-state index is 9.47. The summed E-state index contributed by atoms with van der Waals surface area (Å²) < 4.78 is 5.06. The van der Waals surface area contributed by atoms with E-state index in [1.165, 1.54) is 16.7 Å². The molecule has 0 atom stereocenters. The molecular weight excluding hydrogens is 212 g/mol. The van der Waals surface area contributed by atoms with Crippen LogP contribution in [0.4, 0.5) is 0 Å². The second-order valence-corrected chi connectivity index (χ2v) is 4.20. The number of methoxy groups -OCH3 is 1. The third-order valence-corrected chi connectivity index (χ3v) is 2.96. The van der Waals surface area contributed by atoms with E-state index in [1.54, 1.807) is 13.4 Å². The van der Waals surface area contributed by atoms with E-state index >= 15 is 0 Å². The molecule has 0 amide bonds. The van der Waals surface area contributed by atoms with Gasteiger partial charge in [0, 0.05) is 5.57 Å². The molecule has 0 unspecified atom stereocenters. The number of aliphatic hydroxyl groups excluding tert-OH is 1. The van der Waals surface area contributed by atoms with E-state index < -0.39 is 0 Å². The Balaban J connectivity index is 3.42. The largest absolute Gasteiger partial charge is 0.504 e. The van der Waals surface area contributed by atoms with E-state index in [9.17, 15) is 5.11 Å². The van der Waals surface area contributed by atoms with Crippen LogP contribution >= 0.6 is 0 Å². The molecule has 0 saturated heterocycles. The summed E-state index contributed by atoms with van der Waals surface area (Å²) in [5.74, 6) is 0. The minimum absolute atomic E-state index is 0.0108. The van der Waals surface area contributed by atoms with Crippen molar-refractivity contribution in [2.45, 2.75) is 33.6 Å². The van der Waals surface area contributed by atoms with Crippen molar-refractivity contribution in [3.05, 3.63) is 40.6 Å². The number of rotatable bonds is 5. The van der Waals surface area contributed by atoms with Gasteiger partial charge in [0.2, 0.25) is 0 Å². The number of aliphatic hydroxyl groups is 1. The number of aryl methyl sites for hydroxylation is 3. The standard InChI is InChI=1S/C15H22O2/c1-5-12-7-11(3)8-13(6-2)15(12)14(9-16)10-17-4/h7-8,10,16H,5-6,9H2,1-4H3. The van der Waals surface area contributed by atoms with Crippen molar-refractivity contribution in [2.24, 2.45) is 0 Å². The fourth-order valence-corrected chi connectivity index (χ4v) is 2.23. The molecule has 0 aliphatic carbocycles. The molecular formula is C15H22O2. The summed E-state index contributed by atoms with van der Waals surface area (Å²) in [5.41, 5.74) is 5.85. The van der Waals surface area contributed by atoms with Gasteiger partial charge in [-0.25, -0.2) is 0 Å². The molecule has 2 heteroatoms. The van der Waals surface area contributed by atoms with Gasteiger partial charge < -0.3 is 9.84 Å². The number of benzene rings is 1. The van der Waals surface area contributed by atoms with E-state index in [-0.39, 0.29) is 6.61 Å². The third-order valence-electron chi connectivity index (χ3n) is 2.96. The zero-order valence-corrected chi connectivity index (χ0v) is 11.2. The van der Waals surface area contributed by atoms with Crippen LogP contribution in [0, 0.1) is 6.92 Å². The Morgan fingerprint density at radius 2 is 1.76 bits per heavy atom. The van der Waals surface area contributed by atoms with Crippen LogP contribution in [0.15, 0.2) is 18.4 Å². The molecule has 2 nitrogen and oxygen atoms in total. The third kappa shape index (κ3) is 3.10. The van der Waals surface area contributed by atoms with Crippen LogP contribution in [-0.4, -0.2) is 18.8 Å². The van der Waals surface area contributed by atoms with Crippen LogP contribution in [0.1, 0.15) is 36.1 Å². The van der Waals surface area contributed by atoms with Crippen molar-refractivity contribution in [3.63, 3.8) is 0 Å². The van der Waals surface area contributed by atoms with Gasteiger partial charge in [-0.2, -0.15) is 0 Å². The summed E-state index contributed by atoms with van der Waals surface area (Å²) in [6, 6.07) is 4.38. The SMILES string of the molecule is CCc1cc(C)cc(CC)c1C(=COC)CO. The fourth-order valence-electron chi connectivity index (χ4n) is 2.23. The van der Waals surface area contributed by atoms with Gasteiger partial charge in [-0.05, 0) is 36.5 Å². The predicted octanol–water partition coefficient (Wildman–Crippen LogP) is 3.10. The number of hydrogen-bond donors (Lipinski definition) is 1. The highest BCUT2D eigenvalue weighted by Gasteiger charge is 2.12. The van der Waals surface area contributed by atoms with Gasteiger partial charge in [0.25, 0.3) is 0 Å². The van der Waals surface area contributed by atoms with Crippen molar-refractivity contribution in [1.29, 1.82) is 0 Å². The molecule has 0 spiro atoms. The van der Waals surface area contributed by atoms with Crippen LogP contribution in [0.3, 0.4) is 0 Å². The first-order valence-corrected chi connectivity index (χ1v) is 6.13. The second-order valence-electron chi connectivity index (χ2n) is 4.20. The topological polar surface area (TPSA) is 29.5 Å². The summed E-state index contributed by atoms with van der Waals surface area (Å²) in [6.45, 7) is 6.40. The van der Waals surface area contributed by atoms with Crippen molar-refractivity contribution >= 4 is 5.57 Å². The molecule has 0 heterocycles. The molecule has 0 bridgehead atoms. The smallest absolute Gasteiger partial charge is 0.0886 e. The molecule has 1 rings (SSSR count). The molecule has 0 aliphatic rings. The first-order valence-electron chi connectivity index (χ1n) is 6.13. The molecule has 1 aromatic rings. The summed E-state index contributed by atoms with van der Waals surface area (Å²) in [6.07, 6.45) is 3.57. The lowest BCUT2D eigenvalue weighted by Crippen LogP contribution is -2.03. The van der Waals surface area contributed by atoms with Crippen LogP contribution in [0.2, 0.25) is 0 Å². The Labute approximate surface area is 104 Å². The van der Waals surface area contributed by atoms with Crippen molar-refractivity contribution in [3.8, 4) is 0 Å². The van der Waals surface area contributed by atoms with E-state index in [0.717, 1.165) is 24.0 Å². The van der Waals surface area contributed by atoms with E-state index in [2.05, 4.69) is 32.9 Å². The van der Waals surface area contributed by atoms with Gasteiger partial charge in [-0.15, -0.1) is 0 Å². The van der Waals surface area contributed by atoms with E-state index in [0.29, 0.717) is 0 Å². The summed E-state index contributed by atoms with van der Waals surface area (Å²) in [7, 11) is 1.61. The van der Waals surface area contributed by atoms with Crippen LogP contribution in [-0.2, 0) is 17.6 Å². The van der Waals surface area contributed by atoms with Gasteiger partial charge in [-0.1, -0.05) is 31.5 Å². The average Bonchev–Trinajstić information content (AvgIpc) is 2.35. The maximum Gasteiger partial charge on any atom is 0.0886 e. The highest BCUT2D eigenvalue weighted by atomic mass is 16.5. The zero-order chi connectivity index (χ0) is 12.8. The molecule has 1 N–H and O–H groups in total. The van der Waals surface area contributed by atoms with Gasteiger partial charge in [0.05, 0.1) is 20.0 Å². The lowest BCUT2D eigenvalue weighted by molar-refractivity contribution is 0.321. The summed E-state index contributed by atoms with van der Waals surface area (Å²) in [4.78, 5) is 0. The first kappa shape index (κ1) is 13.8. The fraction of sp³-hybridized carbons (Fsp3) is 0.467. The van der Waals surface area contributed by atoms with Gasteiger partial charge >= 0.3 is 0 Å². The van der Waals surface area contributed by atoms with Gasteiger partial charge in [-0.3, -0.25) is 0 Å². The molecule has 0 radical (unpaired) electrons. The minimum atomic E-state index is 0.0108. The van der Waals surface area contributed by atoms with Crippen LogP contribution < -0.4 is 0 Å². The molecule has 0 aliphatic heterocycles. The number of ether oxygens (including phenoxy) is 1. The van der Waals surface area contributed by atoms with Crippen molar-refractivity contribution in [2.75, 3.05) is 13.7 Å². The van der Waals surface area contributed by atoms with Crippen LogP contribution in [0.25, 0.3) is 5.57 Å². The lowest BCUT2D eigenvalue weighted by Gasteiger charge is -2.16. The maximum atomic E-state index is 9.47. The van der Waals surface area contributed by atoms with Gasteiger partial charge in [0.15, 0.2) is 0 Å². The molecule has 0 fully saturated rings. The van der Waals surface area contributed by atoms with Crippen molar-refractivity contribution < 1.29 is 9.84 Å². The average molecular weight is 234 g/mol. The highest BCUT2D eigenvalue weighted by Crippen LogP contribution is 2.26. The molecule has 94 valence electrons. The molecule has 17 heavy (non-hydrogen) atoms. The molecule has 0 saturated carbocycles. The predicted molar refractivity (Wildman–Crippen MR) is 72.0 cm³/mol. The lowest BCUT2D eigenvalue weighted by atomic mass is 9.90. The van der Waals surface area contributed by atoms with E-state index in [4.69, 9.17) is 4.74 Å². The normalized spacial score (nSPS) is 11.7. The summed E-state index contributed by atoms with van der Waals surface area (Å²) in [5, 5.41) is 9.47. The minimum Gasteiger partial charge on any atom is -0.504 e. The molecule has 0 aromatic heterocycles. The Kier molecular flexibility index (Phi) is 5.23. The zero-order valence-electron chi connectivity index (χ0n) is 11.2. The Morgan fingerprint density at radius 3 is 2.12 bits per heavy atom. The second kappa shape index (κ2) is 6.45. The van der Waals surface area contributed by atoms with E-state index in [1.807, 2.05) is 0 Å². The quantitative estimate of drug-likeness (QED) is 0.793. The van der Waals surface area contributed by atoms with Gasteiger partial charge in [0.1, 0.15) is 0 Å². The highest BCUT2D eigenvalue weighted by molar-refractivity contribution is 5.71. The van der Waals surface area contributed by atoms with Crippen LogP contribution in [0.5, 0.6) is 0 Å². The summed E-state index contributed by atoms with van der Waals surface area (Å²) >= 11 is 0. The Morgan fingerprint density at radius 1 is 1.24 bits per heavy atom. The first-order chi connectivity index (χ1) is 8.17.